The van der Waals surface area contributed by atoms with E-state index in [4.69, 9.17) is 0 Å². The Bertz CT molecular complexity index is 399. The van der Waals surface area contributed by atoms with Crippen LogP contribution in [0, 0.1) is 0 Å². The van der Waals surface area contributed by atoms with E-state index in [-0.39, 0.29) is 0 Å². The second-order valence-corrected chi connectivity index (χ2v) is 6.38. The monoisotopic (exact) mass is 327 g/mol. The predicted molar refractivity (Wildman–Crippen MR) is 79.0 cm³/mol. The molecular weight excluding hydrogens is 306 g/mol. The molecular formula is C13H22BrN5. The van der Waals surface area contributed by atoms with Crippen LogP contribution >= 0.6 is 15.9 Å². The fourth-order valence-electron chi connectivity index (χ4n) is 3.06. The van der Waals surface area contributed by atoms with Gasteiger partial charge in [-0.25, -0.2) is 0 Å². The molecule has 1 unspecified atom stereocenters. The SMILES string of the molecule is Cn1ncc(Br)c1CN1CCN(C2CCNC2)CC1. The smallest absolute Gasteiger partial charge is 0.0663 e. The summed E-state index contributed by atoms with van der Waals surface area (Å²) in [5, 5.41) is 7.74. The van der Waals surface area contributed by atoms with Gasteiger partial charge in [-0.3, -0.25) is 14.5 Å². The third-order valence-corrected chi connectivity index (χ3v) is 5.00. The van der Waals surface area contributed by atoms with Crippen molar-refractivity contribution < 1.29 is 0 Å². The molecule has 0 amide bonds. The zero-order valence-corrected chi connectivity index (χ0v) is 13.1. The van der Waals surface area contributed by atoms with E-state index in [0.717, 1.165) is 30.1 Å². The summed E-state index contributed by atoms with van der Waals surface area (Å²) in [5.41, 5.74) is 1.27. The molecule has 3 heterocycles. The Balaban J connectivity index is 1.53. The van der Waals surface area contributed by atoms with Gasteiger partial charge in [0.05, 0.1) is 16.4 Å². The van der Waals surface area contributed by atoms with Crippen molar-refractivity contribution in [3.05, 3.63) is 16.4 Å². The van der Waals surface area contributed by atoms with Crippen molar-refractivity contribution in [3.63, 3.8) is 0 Å². The maximum atomic E-state index is 4.28. The molecule has 2 saturated heterocycles. The minimum atomic E-state index is 0.769. The molecule has 2 aliphatic rings. The first-order valence-corrected chi connectivity index (χ1v) is 7.87. The van der Waals surface area contributed by atoms with Crippen LogP contribution in [0.1, 0.15) is 12.1 Å². The Labute approximate surface area is 123 Å². The van der Waals surface area contributed by atoms with Crippen LogP contribution in [0.3, 0.4) is 0 Å². The minimum absolute atomic E-state index is 0.769. The van der Waals surface area contributed by atoms with Gasteiger partial charge in [-0.1, -0.05) is 0 Å². The lowest BCUT2D eigenvalue weighted by Crippen LogP contribution is -2.50. The standard InChI is InChI=1S/C13H22BrN5/c1-17-13(12(14)9-16-17)10-18-4-6-19(7-5-18)11-2-3-15-8-11/h9,11,15H,2-8,10H2,1H3. The lowest BCUT2D eigenvalue weighted by atomic mass is 10.2. The predicted octanol–water partition coefficient (Wildman–Crippen LogP) is 0.662. The molecule has 1 atom stereocenters. The van der Waals surface area contributed by atoms with Gasteiger partial charge in [0.25, 0.3) is 0 Å². The number of nitrogens with one attached hydrogen (secondary N) is 1. The fourth-order valence-corrected chi connectivity index (χ4v) is 3.54. The second-order valence-electron chi connectivity index (χ2n) is 5.52. The minimum Gasteiger partial charge on any atom is -0.315 e. The summed E-state index contributed by atoms with van der Waals surface area (Å²) in [7, 11) is 2.01. The molecule has 0 saturated carbocycles. The number of halogens is 1. The van der Waals surface area contributed by atoms with Crippen LogP contribution in [0.2, 0.25) is 0 Å². The van der Waals surface area contributed by atoms with Crippen LogP contribution < -0.4 is 5.32 Å². The summed E-state index contributed by atoms with van der Waals surface area (Å²) >= 11 is 3.58. The maximum Gasteiger partial charge on any atom is 0.0663 e. The van der Waals surface area contributed by atoms with Crippen LogP contribution in [-0.4, -0.2) is 64.9 Å². The summed E-state index contributed by atoms with van der Waals surface area (Å²) in [6, 6.07) is 0.769. The number of aromatic nitrogens is 2. The van der Waals surface area contributed by atoms with Crippen molar-refractivity contribution in [2.45, 2.75) is 19.0 Å². The van der Waals surface area contributed by atoms with Crippen molar-refractivity contribution in [3.8, 4) is 0 Å². The van der Waals surface area contributed by atoms with E-state index in [9.17, 15) is 0 Å². The van der Waals surface area contributed by atoms with Crippen LogP contribution in [0.15, 0.2) is 10.7 Å². The highest BCUT2D eigenvalue weighted by Gasteiger charge is 2.26. The molecule has 0 radical (unpaired) electrons. The molecule has 19 heavy (non-hydrogen) atoms. The van der Waals surface area contributed by atoms with Crippen molar-refractivity contribution >= 4 is 15.9 Å². The maximum absolute atomic E-state index is 4.28. The molecule has 0 spiro atoms. The summed E-state index contributed by atoms with van der Waals surface area (Å²) in [6.45, 7) is 8.07. The Kier molecular flexibility index (Phi) is 4.21. The number of nitrogens with zero attached hydrogens (tertiary/aromatic N) is 4. The highest BCUT2D eigenvalue weighted by atomic mass is 79.9. The van der Waals surface area contributed by atoms with Gasteiger partial charge in [0, 0.05) is 52.4 Å². The molecule has 0 aromatic carbocycles. The number of hydrogen-bond donors (Lipinski definition) is 1. The van der Waals surface area contributed by atoms with E-state index in [2.05, 4.69) is 36.1 Å². The molecule has 3 rings (SSSR count). The zero-order chi connectivity index (χ0) is 13.2. The fraction of sp³-hybridized carbons (Fsp3) is 0.769. The van der Waals surface area contributed by atoms with Crippen LogP contribution in [-0.2, 0) is 13.6 Å². The van der Waals surface area contributed by atoms with Crippen LogP contribution in [0.4, 0.5) is 0 Å². The zero-order valence-electron chi connectivity index (χ0n) is 11.5. The van der Waals surface area contributed by atoms with E-state index in [1.54, 1.807) is 0 Å². The summed E-state index contributed by atoms with van der Waals surface area (Å²) in [4.78, 5) is 5.18. The topological polar surface area (TPSA) is 36.3 Å². The Morgan fingerprint density at radius 3 is 2.74 bits per heavy atom. The van der Waals surface area contributed by atoms with E-state index < -0.39 is 0 Å². The second kappa shape index (κ2) is 5.91. The van der Waals surface area contributed by atoms with E-state index in [0.29, 0.717) is 0 Å². The summed E-state index contributed by atoms with van der Waals surface area (Å²) in [5.74, 6) is 0. The molecule has 0 aliphatic carbocycles. The first-order chi connectivity index (χ1) is 9.24. The summed E-state index contributed by atoms with van der Waals surface area (Å²) in [6.07, 6.45) is 3.20. The molecule has 1 aromatic rings. The molecule has 2 fully saturated rings. The van der Waals surface area contributed by atoms with Crippen molar-refractivity contribution in [2.24, 2.45) is 7.05 Å². The lowest BCUT2D eigenvalue weighted by Gasteiger charge is -2.37. The molecule has 0 bridgehead atoms. The van der Waals surface area contributed by atoms with Crippen molar-refractivity contribution in [2.75, 3.05) is 39.3 Å². The van der Waals surface area contributed by atoms with E-state index in [1.807, 2.05) is 17.9 Å². The first-order valence-electron chi connectivity index (χ1n) is 7.07. The van der Waals surface area contributed by atoms with Gasteiger partial charge >= 0.3 is 0 Å². The molecule has 5 nitrogen and oxygen atoms in total. The van der Waals surface area contributed by atoms with Gasteiger partial charge in [-0.15, -0.1) is 0 Å². The van der Waals surface area contributed by atoms with Gasteiger partial charge in [-0.05, 0) is 28.9 Å². The molecule has 1 aromatic heterocycles. The largest absolute Gasteiger partial charge is 0.315 e. The van der Waals surface area contributed by atoms with Crippen molar-refractivity contribution in [1.29, 1.82) is 0 Å². The van der Waals surface area contributed by atoms with Crippen molar-refractivity contribution in [1.82, 2.24) is 24.9 Å². The molecule has 1 N–H and O–H groups in total. The van der Waals surface area contributed by atoms with E-state index in [1.165, 1.54) is 38.3 Å². The normalized spacial score (nSPS) is 26.1. The first kappa shape index (κ1) is 13.5. The molecule has 106 valence electrons. The average Bonchev–Trinajstić information content (AvgIpc) is 3.05. The van der Waals surface area contributed by atoms with Gasteiger partial charge in [0.15, 0.2) is 0 Å². The molecule has 6 heteroatoms. The average molecular weight is 328 g/mol. The Hall–Kier alpha value is -0.430. The number of aryl methyl sites for hydroxylation is 1. The Morgan fingerprint density at radius 1 is 1.37 bits per heavy atom. The molecule has 2 aliphatic heterocycles. The number of piperazine rings is 1. The van der Waals surface area contributed by atoms with Gasteiger partial charge in [-0.2, -0.15) is 5.10 Å². The number of rotatable bonds is 3. The van der Waals surface area contributed by atoms with Gasteiger partial charge in [0.2, 0.25) is 0 Å². The third kappa shape index (κ3) is 3.02. The quantitative estimate of drug-likeness (QED) is 0.885. The highest BCUT2D eigenvalue weighted by Crippen LogP contribution is 2.19. The van der Waals surface area contributed by atoms with Gasteiger partial charge in [0.1, 0.15) is 0 Å². The summed E-state index contributed by atoms with van der Waals surface area (Å²) < 4.78 is 3.09. The third-order valence-electron chi connectivity index (χ3n) is 4.34. The number of hydrogen-bond acceptors (Lipinski definition) is 4. The van der Waals surface area contributed by atoms with Crippen LogP contribution in [0.25, 0.3) is 0 Å². The van der Waals surface area contributed by atoms with Crippen LogP contribution in [0.5, 0.6) is 0 Å². The van der Waals surface area contributed by atoms with Gasteiger partial charge < -0.3 is 5.32 Å². The highest BCUT2D eigenvalue weighted by molar-refractivity contribution is 9.10. The van der Waals surface area contributed by atoms with E-state index >= 15 is 0 Å². The lowest BCUT2D eigenvalue weighted by molar-refractivity contribution is 0.0964. The Morgan fingerprint density at radius 2 is 2.16 bits per heavy atom.